The minimum atomic E-state index is -1.20. The average Bonchev–Trinajstić information content (AvgIpc) is 3.02. The van der Waals surface area contributed by atoms with Crippen molar-refractivity contribution in [3.63, 3.8) is 0 Å². The fraction of sp³-hybridized carbons (Fsp3) is 0.438. The SMILES string of the molecule is CCc1ccc(C(=O)NCC(C)(O)c2cc(C)oc2C)o1. The molecule has 0 aliphatic rings. The molecule has 114 valence electrons. The molecule has 2 N–H and O–H groups in total. The first kappa shape index (κ1) is 15.4. The Morgan fingerprint density at radius 3 is 2.57 bits per heavy atom. The van der Waals surface area contributed by atoms with Gasteiger partial charge in [0.1, 0.15) is 22.9 Å². The van der Waals surface area contributed by atoms with E-state index in [0.717, 1.165) is 17.9 Å². The molecule has 1 unspecified atom stereocenters. The van der Waals surface area contributed by atoms with Crippen LogP contribution in [0.3, 0.4) is 0 Å². The Morgan fingerprint density at radius 2 is 2.05 bits per heavy atom. The summed E-state index contributed by atoms with van der Waals surface area (Å²) >= 11 is 0. The van der Waals surface area contributed by atoms with Crippen molar-refractivity contribution in [1.82, 2.24) is 5.32 Å². The van der Waals surface area contributed by atoms with Gasteiger partial charge < -0.3 is 19.3 Å². The maximum Gasteiger partial charge on any atom is 0.287 e. The molecule has 1 atom stereocenters. The lowest BCUT2D eigenvalue weighted by Crippen LogP contribution is -2.38. The molecule has 0 aliphatic carbocycles. The second-order valence-corrected chi connectivity index (χ2v) is 5.40. The third-order valence-electron chi connectivity index (χ3n) is 3.45. The molecule has 5 nitrogen and oxygen atoms in total. The maximum absolute atomic E-state index is 12.0. The molecule has 21 heavy (non-hydrogen) atoms. The zero-order chi connectivity index (χ0) is 15.6. The summed E-state index contributed by atoms with van der Waals surface area (Å²) in [5.41, 5.74) is -0.522. The summed E-state index contributed by atoms with van der Waals surface area (Å²) in [5, 5.41) is 13.2. The lowest BCUT2D eigenvalue weighted by Gasteiger charge is -2.23. The van der Waals surface area contributed by atoms with Crippen LogP contribution in [-0.4, -0.2) is 17.6 Å². The molecule has 2 rings (SSSR count). The zero-order valence-corrected chi connectivity index (χ0v) is 12.8. The summed E-state index contributed by atoms with van der Waals surface area (Å²) < 4.78 is 10.8. The van der Waals surface area contributed by atoms with Gasteiger partial charge in [-0.2, -0.15) is 0 Å². The van der Waals surface area contributed by atoms with Gasteiger partial charge in [0.15, 0.2) is 5.76 Å². The highest BCUT2D eigenvalue weighted by Gasteiger charge is 2.28. The topological polar surface area (TPSA) is 75.6 Å². The third-order valence-corrected chi connectivity index (χ3v) is 3.45. The van der Waals surface area contributed by atoms with Gasteiger partial charge in [-0.25, -0.2) is 0 Å². The molecule has 0 bridgehead atoms. The van der Waals surface area contributed by atoms with Crippen LogP contribution in [0, 0.1) is 13.8 Å². The van der Waals surface area contributed by atoms with E-state index >= 15 is 0 Å². The van der Waals surface area contributed by atoms with Crippen molar-refractivity contribution >= 4 is 5.91 Å². The number of aliphatic hydroxyl groups is 1. The monoisotopic (exact) mass is 291 g/mol. The highest BCUT2D eigenvalue weighted by atomic mass is 16.4. The molecule has 0 fully saturated rings. The molecule has 0 aliphatic heterocycles. The van der Waals surface area contributed by atoms with Crippen molar-refractivity contribution in [2.75, 3.05) is 6.54 Å². The minimum absolute atomic E-state index is 0.0772. The van der Waals surface area contributed by atoms with Gasteiger partial charge in [0.2, 0.25) is 0 Å². The Bertz CT molecular complexity index is 636. The summed E-state index contributed by atoms with van der Waals surface area (Å²) in [5.74, 6) is 2.05. The fourth-order valence-electron chi connectivity index (χ4n) is 2.29. The predicted molar refractivity (Wildman–Crippen MR) is 78.2 cm³/mol. The highest BCUT2D eigenvalue weighted by molar-refractivity contribution is 5.91. The number of hydrogen-bond donors (Lipinski definition) is 2. The van der Waals surface area contributed by atoms with Crippen LogP contribution in [0.1, 0.15) is 47.2 Å². The molecule has 0 saturated carbocycles. The van der Waals surface area contributed by atoms with E-state index in [4.69, 9.17) is 8.83 Å². The molecule has 0 saturated heterocycles. The van der Waals surface area contributed by atoms with E-state index in [2.05, 4.69) is 5.32 Å². The van der Waals surface area contributed by atoms with Gasteiger partial charge in [0.05, 0.1) is 6.54 Å². The van der Waals surface area contributed by atoms with E-state index in [1.54, 1.807) is 32.0 Å². The molecule has 2 aromatic heterocycles. The number of carbonyl (C=O) groups is 1. The van der Waals surface area contributed by atoms with Gasteiger partial charge in [-0.15, -0.1) is 0 Å². The standard InChI is InChI=1S/C16H21NO4/c1-5-12-6-7-14(21-12)15(18)17-9-16(4,19)13-8-10(2)20-11(13)3/h6-8,19H,5,9H2,1-4H3,(H,17,18). The molecular formula is C16H21NO4. The Labute approximate surface area is 124 Å². The van der Waals surface area contributed by atoms with E-state index in [1.807, 2.05) is 13.8 Å². The molecule has 2 heterocycles. The number of aryl methyl sites for hydroxylation is 3. The maximum atomic E-state index is 12.0. The van der Waals surface area contributed by atoms with E-state index in [-0.39, 0.29) is 18.2 Å². The lowest BCUT2D eigenvalue weighted by molar-refractivity contribution is 0.0506. The summed E-state index contributed by atoms with van der Waals surface area (Å²) in [6.07, 6.45) is 0.735. The highest BCUT2D eigenvalue weighted by Crippen LogP contribution is 2.26. The molecule has 5 heteroatoms. The first-order valence-electron chi connectivity index (χ1n) is 7.00. The Kier molecular flexibility index (Phi) is 4.23. The van der Waals surface area contributed by atoms with Crippen LogP contribution in [0.15, 0.2) is 27.0 Å². The molecule has 0 aromatic carbocycles. The van der Waals surface area contributed by atoms with Crippen LogP contribution >= 0.6 is 0 Å². The Morgan fingerprint density at radius 1 is 1.33 bits per heavy atom. The largest absolute Gasteiger partial charge is 0.466 e. The zero-order valence-electron chi connectivity index (χ0n) is 12.8. The number of hydrogen-bond acceptors (Lipinski definition) is 4. The van der Waals surface area contributed by atoms with Gasteiger partial charge in [0, 0.05) is 12.0 Å². The second-order valence-electron chi connectivity index (χ2n) is 5.40. The smallest absolute Gasteiger partial charge is 0.287 e. The number of amides is 1. The Hall–Kier alpha value is -2.01. The van der Waals surface area contributed by atoms with Crippen LogP contribution < -0.4 is 5.32 Å². The number of rotatable bonds is 5. The van der Waals surface area contributed by atoms with Crippen LogP contribution in [-0.2, 0) is 12.0 Å². The minimum Gasteiger partial charge on any atom is -0.466 e. The van der Waals surface area contributed by atoms with Crippen LogP contribution in [0.4, 0.5) is 0 Å². The second kappa shape index (κ2) is 5.77. The summed E-state index contributed by atoms with van der Waals surface area (Å²) in [6.45, 7) is 7.28. The number of nitrogens with one attached hydrogen (secondary N) is 1. The van der Waals surface area contributed by atoms with E-state index < -0.39 is 5.60 Å². The van der Waals surface area contributed by atoms with Crippen molar-refractivity contribution in [2.45, 2.75) is 39.7 Å². The summed E-state index contributed by atoms with van der Waals surface area (Å²) in [7, 11) is 0. The fourth-order valence-corrected chi connectivity index (χ4v) is 2.29. The molecule has 0 spiro atoms. The first-order valence-corrected chi connectivity index (χ1v) is 7.00. The quantitative estimate of drug-likeness (QED) is 0.888. The van der Waals surface area contributed by atoms with Crippen molar-refractivity contribution in [1.29, 1.82) is 0 Å². The van der Waals surface area contributed by atoms with Crippen molar-refractivity contribution < 1.29 is 18.7 Å². The van der Waals surface area contributed by atoms with Crippen molar-refractivity contribution in [3.8, 4) is 0 Å². The van der Waals surface area contributed by atoms with Crippen LogP contribution in [0.2, 0.25) is 0 Å². The summed E-state index contributed by atoms with van der Waals surface area (Å²) in [6, 6.07) is 5.19. The van der Waals surface area contributed by atoms with Gasteiger partial charge in [-0.1, -0.05) is 6.92 Å². The lowest BCUT2D eigenvalue weighted by atomic mass is 9.96. The molecule has 0 radical (unpaired) electrons. The van der Waals surface area contributed by atoms with Crippen LogP contribution in [0.5, 0.6) is 0 Å². The summed E-state index contributed by atoms with van der Waals surface area (Å²) in [4.78, 5) is 12.0. The number of furan rings is 2. The first-order chi connectivity index (χ1) is 9.83. The van der Waals surface area contributed by atoms with E-state index in [0.29, 0.717) is 11.3 Å². The Balaban J connectivity index is 2.04. The van der Waals surface area contributed by atoms with Gasteiger partial charge in [0.25, 0.3) is 5.91 Å². The van der Waals surface area contributed by atoms with Gasteiger partial charge >= 0.3 is 0 Å². The average molecular weight is 291 g/mol. The van der Waals surface area contributed by atoms with Crippen molar-refractivity contribution in [2.24, 2.45) is 0 Å². The molecule has 2 aromatic rings. The third kappa shape index (κ3) is 3.36. The molecule has 1 amide bonds. The normalized spacial score (nSPS) is 14.0. The van der Waals surface area contributed by atoms with Gasteiger partial charge in [-0.05, 0) is 39.0 Å². The van der Waals surface area contributed by atoms with E-state index in [9.17, 15) is 9.90 Å². The molecular weight excluding hydrogens is 270 g/mol. The van der Waals surface area contributed by atoms with Crippen molar-refractivity contribution in [3.05, 3.63) is 46.8 Å². The number of carbonyl (C=O) groups excluding carboxylic acids is 1. The van der Waals surface area contributed by atoms with E-state index in [1.165, 1.54) is 0 Å². The van der Waals surface area contributed by atoms with Gasteiger partial charge in [-0.3, -0.25) is 4.79 Å². The predicted octanol–water partition coefficient (Wildman–Crippen LogP) is 2.69. The van der Waals surface area contributed by atoms with Crippen LogP contribution in [0.25, 0.3) is 0 Å².